The number of rotatable bonds is 1. The molecule has 0 saturated heterocycles. The van der Waals surface area contributed by atoms with E-state index in [4.69, 9.17) is 0 Å². The molecule has 0 aliphatic carbocycles. The van der Waals surface area contributed by atoms with Gasteiger partial charge in [0.15, 0.2) is 8.24 Å². The average Bonchev–Trinajstić information content (AvgIpc) is 2.72. The van der Waals surface area contributed by atoms with Crippen molar-refractivity contribution in [3.05, 3.63) is 42.7 Å². The first kappa shape index (κ1) is 13.4. The minimum Gasteiger partial charge on any atom is -0.366 e. The molecule has 0 bridgehead atoms. The normalized spacial score (nSPS) is 13.2. The summed E-state index contributed by atoms with van der Waals surface area (Å²) in [6, 6.07) is 10.9. The number of hydrogen-bond acceptors (Lipinski definition) is 1. The molecule has 20 heavy (non-hydrogen) atoms. The third kappa shape index (κ3) is 1.73. The molecule has 3 aromatic rings. The highest BCUT2D eigenvalue weighted by atomic mass is 28.3. The predicted molar refractivity (Wildman–Crippen MR) is 89.8 cm³/mol. The van der Waals surface area contributed by atoms with E-state index in [1.54, 1.807) is 0 Å². The fourth-order valence-corrected chi connectivity index (χ4v) is 5.00. The Morgan fingerprint density at radius 3 is 2.30 bits per heavy atom. The van der Waals surface area contributed by atoms with Crippen molar-refractivity contribution in [1.29, 1.82) is 0 Å². The summed E-state index contributed by atoms with van der Waals surface area (Å²) < 4.78 is 2.59. The number of hydrogen-bond donors (Lipinski definition) is 0. The van der Waals surface area contributed by atoms with Crippen molar-refractivity contribution >= 4 is 30.0 Å². The van der Waals surface area contributed by atoms with E-state index in [-0.39, 0.29) is 5.04 Å². The van der Waals surface area contributed by atoms with E-state index in [1.165, 1.54) is 21.8 Å². The number of pyridine rings is 1. The third-order valence-corrected chi connectivity index (χ3v) is 10.1. The van der Waals surface area contributed by atoms with Crippen molar-refractivity contribution in [3.8, 4) is 0 Å². The molecule has 0 fully saturated rings. The van der Waals surface area contributed by atoms with Crippen molar-refractivity contribution in [2.24, 2.45) is 0 Å². The van der Waals surface area contributed by atoms with Gasteiger partial charge in [-0.25, -0.2) is 0 Å². The Hall–Kier alpha value is -1.61. The molecular weight excluding hydrogens is 260 g/mol. The zero-order valence-electron chi connectivity index (χ0n) is 12.9. The Morgan fingerprint density at radius 2 is 1.60 bits per heavy atom. The number of nitrogens with zero attached hydrogens (tertiary/aromatic N) is 2. The summed E-state index contributed by atoms with van der Waals surface area (Å²) in [5.41, 5.74) is 2.63. The fraction of sp³-hybridized carbons (Fsp3) is 0.353. The molecule has 3 heteroatoms. The quantitative estimate of drug-likeness (QED) is 0.572. The monoisotopic (exact) mass is 282 g/mol. The van der Waals surface area contributed by atoms with Crippen LogP contribution < -0.4 is 0 Å². The lowest BCUT2D eigenvalue weighted by Gasteiger charge is -2.39. The molecule has 0 N–H and O–H groups in total. The molecule has 2 nitrogen and oxygen atoms in total. The first-order chi connectivity index (χ1) is 9.34. The lowest BCUT2D eigenvalue weighted by Crippen LogP contribution is -2.45. The summed E-state index contributed by atoms with van der Waals surface area (Å²) >= 11 is 0. The van der Waals surface area contributed by atoms with Crippen molar-refractivity contribution < 1.29 is 0 Å². The van der Waals surface area contributed by atoms with Gasteiger partial charge in [-0.1, -0.05) is 52.1 Å². The molecule has 2 heterocycles. The fourth-order valence-electron chi connectivity index (χ4n) is 2.76. The minimum absolute atomic E-state index is 0.289. The van der Waals surface area contributed by atoms with Gasteiger partial charge in [0.1, 0.15) is 0 Å². The molecule has 0 aliphatic rings. The Morgan fingerprint density at radius 1 is 0.950 bits per heavy atom. The van der Waals surface area contributed by atoms with Crippen LogP contribution in [0.3, 0.4) is 0 Å². The standard InChI is InChI=1S/C17H22N2Si/c1-17(2,3)20(4,5)19-15-9-7-6-8-13(15)14-10-11-18-12-16(14)19/h6-12H,1-5H3. The van der Waals surface area contributed by atoms with Gasteiger partial charge < -0.3 is 4.23 Å². The van der Waals surface area contributed by atoms with Crippen LogP contribution in [0.2, 0.25) is 18.1 Å². The number of benzene rings is 1. The van der Waals surface area contributed by atoms with Gasteiger partial charge >= 0.3 is 0 Å². The number of fused-ring (bicyclic) bond motifs is 3. The summed E-state index contributed by atoms with van der Waals surface area (Å²) in [6.45, 7) is 12.0. The maximum atomic E-state index is 4.37. The van der Waals surface area contributed by atoms with Gasteiger partial charge in [-0.3, -0.25) is 4.98 Å². The van der Waals surface area contributed by atoms with Crippen LogP contribution in [0.1, 0.15) is 20.8 Å². The molecule has 0 unspecified atom stereocenters. The number of para-hydroxylation sites is 1. The SMILES string of the molecule is CC(C)(C)[Si](C)(C)n1c2ccccc2c2ccncc21. The second kappa shape index (κ2) is 4.19. The second-order valence-corrected chi connectivity index (χ2v) is 12.1. The van der Waals surface area contributed by atoms with Crippen molar-refractivity contribution in [3.63, 3.8) is 0 Å². The Bertz CT molecular complexity index is 725. The smallest absolute Gasteiger partial charge is 0.161 e. The van der Waals surface area contributed by atoms with Gasteiger partial charge in [0.2, 0.25) is 0 Å². The first-order valence-corrected chi connectivity index (χ1v) is 10.1. The van der Waals surface area contributed by atoms with Gasteiger partial charge in [0, 0.05) is 22.5 Å². The topological polar surface area (TPSA) is 17.8 Å². The molecule has 104 valence electrons. The molecule has 1 aromatic carbocycles. The van der Waals surface area contributed by atoms with E-state index in [2.05, 4.69) is 73.4 Å². The zero-order valence-corrected chi connectivity index (χ0v) is 13.9. The molecule has 0 aliphatic heterocycles. The van der Waals surface area contributed by atoms with Crippen LogP contribution in [0.5, 0.6) is 0 Å². The van der Waals surface area contributed by atoms with Crippen molar-refractivity contribution in [2.45, 2.75) is 38.9 Å². The Balaban J connectivity index is 2.50. The first-order valence-electron chi connectivity index (χ1n) is 7.18. The van der Waals surface area contributed by atoms with E-state index in [1.807, 2.05) is 12.4 Å². The summed E-state index contributed by atoms with van der Waals surface area (Å²) in [6.07, 6.45) is 3.92. The molecule has 0 amide bonds. The van der Waals surface area contributed by atoms with E-state index in [9.17, 15) is 0 Å². The maximum Gasteiger partial charge on any atom is 0.161 e. The highest BCUT2D eigenvalue weighted by Crippen LogP contribution is 2.41. The summed E-state index contributed by atoms with van der Waals surface area (Å²) in [4.78, 5) is 4.37. The predicted octanol–water partition coefficient (Wildman–Crippen LogP) is 5.04. The van der Waals surface area contributed by atoms with Gasteiger partial charge in [0.05, 0.1) is 11.7 Å². The van der Waals surface area contributed by atoms with Gasteiger partial charge in [-0.05, 0) is 17.2 Å². The summed E-state index contributed by atoms with van der Waals surface area (Å²) in [5.74, 6) is 0. The van der Waals surface area contributed by atoms with Gasteiger partial charge in [0.25, 0.3) is 0 Å². The number of aromatic nitrogens is 2. The Labute approximate surface area is 121 Å². The van der Waals surface area contributed by atoms with Crippen LogP contribution >= 0.6 is 0 Å². The van der Waals surface area contributed by atoms with Gasteiger partial charge in [-0.2, -0.15) is 0 Å². The van der Waals surface area contributed by atoms with E-state index in [0.29, 0.717) is 0 Å². The lowest BCUT2D eigenvalue weighted by atomic mass is 10.2. The van der Waals surface area contributed by atoms with Crippen molar-refractivity contribution in [1.82, 2.24) is 9.22 Å². The van der Waals surface area contributed by atoms with Gasteiger partial charge in [-0.15, -0.1) is 0 Å². The van der Waals surface area contributed by atoms with E-state index in [0.717, 1.165) is 0 Å². The highest BCUT2D eigenvalue weighted by Gasteiger charge is 2.39. The van der Waals surface area contributed by atoms with Crippen LogP contribution in [-0.2, 0) is 0 Å². The minimum atomic E-state index is -1.68. The highest BCUT2D eigenvalue weighted by molar-refractivity contribution is 6.80. The zero-order chi connectivity index (χ0) is 14.5. The largest absolute Gasteiger partial charge is 0.366 e. The van der Waals surface area contributed by atoms with E-state index < -0.39 is 8.24 Å². The molecule has 0 saturated carbocycles. The van der Waals surface area contributed by atoms with E-state index >= 15 is 0 Å². The lowest BCUT2D eigenvalue weighted by molar-refractivity contribution is 0.705. The summed E-state index contributed by atoms with van der Waals surface area (Å²) in [7, 11) is -1.68. The molecule has 0 atom stereocenters. The second-order valence-electron chi connectivity index (χ2n) is 7.05. The van der Waals surface area contributed by atoms with Crippen LogP contribution in [0, 0.1) is 0 Å². The molecule has 3 rings (SSSR count). The van der Waals surface area contributed by atoms with Crippen LogP contribution in [0.4, 0.5) is 0 Å². The maximum absolute atomic E-state index is 4.37. The molecule has 0 spiro atoms. The molecule has 0 radical (unpaired) electrons. The average molecular weight is 282 g/mol. The van der Waals surface area contributed by atoms with Crippen LogP contribution in [0.25, 0.3) is 21.8 Å². The van der Waals surface area contributed by atoms with Crippen LogP contribution in [0.15, 0.2) is 42.7 Å². The summed E-state index contributed by atoms with van der Waals surface area (Å²) in [5, 5.41) is 2.95. The third-order valence-electron chi connectivity index (χ3n) is 4.87. The van der Waals surface area contributed by atoms with Crippen molar-refractivity contribution in [2.75, 3.05) is 0 Å². The van der Waals surface area contributed by atoms with Crippen LogP contribution in [-0.4, -0.2) is 17.5 Å². The molecular formula is C17H22N2Si. The Kier molecular flexibility index (Phi) is 2.80. The molecule has 2 aromatic heterocycles.